The number of fused-ring (bicyclic) bond motifs is 2. The molecule has 0 nitrogen and oxygen atoms in total. The summed E-state index contributed by atoms with van der Waals surface area (Å²) >= 11 is -0.826. The first kappa shape index (κ1) is 33.8. The van der Waals surface area contributed by atoms with E-state index in [9.17, 15) is 0 Å². The fourth-order valence-corrected chi connectivity index (χ4v) is 6.56. The van der Waals surface area contributed by atoms with Gasteiger partial charge in [0, 0.05) is 9.52 Å². The molecule has 2 aliphatic rings. The summed E-state index contributed by atoms with van der Waals surface area (Å²) in [7, 11) is 11.0. The van der Waals surface area contributed by atoms with Gasteiger partial charge in [0.15, 0.2) is 0 Å². The first-order valence-corrected chi connectivity index (χ1v) is 23.7. The monoisotopic (exact) mass is 668 g/mol. The van der Waals surface area contributed by atoms with E-state index in [1.54, 1.807) is 11.1 Å². The molecule has 0 unspecified atom stereocenters. The molecule has 0 saturated heterocycles. The predicted molar refractivity (Wildman–Crippen MR) is 179 cm³/mol. The van der Waals surface area contributed by atoms with Gasteiger partial charge in [-0.1, -0.05) is 95.6 Å². The fraction of sp³-hybridized carbons (Fsp3) is 0.500. The van der Waals surface area contributed by atoms with Gasteiger partial charge < -0.3 is 0 Å². The first-order chi connectivity index (χ1) is 19.4. The molecule has 2 aliphatic carbocycles. The van der Waals surface area contributed by atoms with Gasteiger partial charge in [0.2, 0.25) is 0 Å². The third kappa shape index (κ3) is 9.69. The van der Waals surface area contributed by atoms with E-state index in [0.717, 1.165) is 21.4 Å². The van der Waals surface area contributed by atoms with Gasteiger partial charge in [-0.3, -0.25) is 0 Å². The van der Waals surface area contributed by atoms with Crippen molar-refractivity contribution in [2.24, 2.45) is 0 Å². The molecule has 6 rings (SSSR count). The molecule has 2 saturated carbocycles. The van der Waals surface area contributed by atoms with Crippen LogP contribution in [0.1, 0.15) is 118 Å². The van der Waals surface area contributed by atoms with E-state index in [4.69, 9.17) is 17.0 Å². The second-order valence-corrected chi connectivity index (χ2v) is 16.6. The van der Waals surface area contributed by atoms with E-state index in [-0.39, 0.29) is 0 Å². The minimum absolute atomic E-state index is 0.636. The van der Waals surface area contributed by atoms with Crippen molar-refractivity contribution in [1.29, 1.82) is 0 Å². The normalized spacial score (nSPS) is 15.9. The van der Waals surface area contributed by atoms with Crippen molar-refractivity contribution < 1.29 is 20.8 Å². The Morgan fingerprint density at radius 3 is 1.60 bits per heavy atom. The molecule has 0 N–H and O–H groups in total. The van der Waals surface area contributed by atoms with Gasteiger partial charge >= 0.3 is 37.9 Å². The molecule has 4 aromatic carbocycles. The van der Waals surface area contributed by atoms with Crippen LogP contribution in [0.5, 0.6) is 0 Å². The molecule has 0 atom stereocenters. The third-order valence-electron chi connectivity index (χ3n) is 8.49. The van der Waals surface area contributed by atoms with Crippen molar-refractivity contribution in [3.05, 3.63) is 82.9 Å². The van der Waals surface area contributed by atoms with E-state index in [0.29, 0.717) is 5.92 Å². The molecule has 214 valence electrons. The topological polar surface area (TPSA) is 0 Å². The molecule has 2 radical (unpaired) electrons. The SMILES string of the molecule is CC(C)c1cc2c(C3CCCCC3)cccc2[cH-]1.C[Si]C.Cc1cc2c(C3CCCCC3)cccc2[cH-]1.[Cl][Zr+2][Cl]. The Kier molecular flexibility index (Phi) is 15.3. The van der Waals surface area contributed by atoms with Gasteiger partial charge in [-0.25, -0.2) is 0 Å². The number of benzene rings is 2. The fourth-order valence-electron chi connectivity index (χ4n) is 6.56. The summed E-state index contributed by atoms with van der Waals surface area (Å²) in [6.45, 7) is 11.1. The Balaban J connectivity index is 0.000000186. The summed E-state index contributed by atoms with van der Waals surface area (Å²) in [6, 6.07) is 23.2. The zero-order valence-corrected chi connectivity index (χ0v) is 30.3. The zero-order valence-electron chi connectivity index (χ0n) is 25.3. The average Bonchev–Trinajstić information content (AvgIpc) is 3.58. The van der Waals surface area contributed by atoms with E-state index < -0.39 is 20.8 Å². The van der Waals surface area contributed by atoms with Gasteiger partial charge in [0.1, 0.15) is 0 Å². The minimum atomic E-state index is -0.826. The molecule has 0 spiro atoms. The number of hydrogen-bond donors (Lipinski definition) is 0. The van der Waals surface area contributed by atoms with Gasteiger partial charge in [0.05, 0.1) is 0 Å². The average molecular weight is 671 g/mol. The molecule has 0 bridgehead atoms. The van der Waals surface area contributed by atoms with Crippen molar-refractivity contribution in [2.45, 2.75) is 116 Å². The van der Waals surface area contributed by atoms with Crippen LogP contribution in [0.2, 0.25) is 13.1 Å². The van der Waals surface area contributed by atoms with Crippen LogP contribution in [0.4, 0.5) is 0 Å². The molecule has 2 fully saturated rings. The van der Waals surface area contributed by atoms with Gasteiger partial charge in [-0.15, -0.1) is 69.1 Å². The Bertz CT molecular complexity index is 1260. The molecule has 0 aromatic heterocycles. The van der Waals surface area contributed by atoms with Crippen LogP contribution in [0.25, 0.3) is 21.5 Å². The van der Waals surface area contributed by atoms with Crippen molar-refractivity contribution in [3.8, 4) is 0 Å². The zero-order chi connectivity index (χ0) is 28.9. The summed E-state index contributed by atoms with van der Waals surface area (Å²) in [4.78, 5) is 0. The van der Waals surface area contributed by atoms with Crippen molar-refractivity contribution in [3.63, 3.8) is 0 Å². The summed E-state index contributed by atoms with van der Waals surface area (Å²) in [5.41, 5.74) is 6.11. The summed E-state index contributed by atoms with van der Waals surface area (Å²) in [5, 5.41) is 5.90. The molecule has 4 heteroatoms. The Morgan fingerprint density at radius 1 is 0.725 bits per heavy atom. The van der Waals surface area contributed by atoms with Crippen LogP contribution < -0.4 is 0 Å². The molecular formula is C36H48Cl2SiZr. The second-order valence-electron chi connectivity index (χ2n) is 11.9. The number of halogens is 2. The molecule has 4 aromatic rings. The van der Waals surface area contributed by atoms with Gasteiger partial charge in [0.25, 0.3) is 0 Å². The predicted octanol–water partition coefficient (Wildman–Crippen LogP) is 12.8. The summed E-state index contributed by atoms with van der Waals surface area (Å²) in [6.07, 6.45) is 14.1. The van der Waals surface area contributed by atoms with Crippen LogP contribution in [0, 0.1) is 6.92 Å². The van der Waals surface area contributed by atoms with E-state index in [1.807, 2.05) is 0 Å². The number of rotatable bonds is 3. The maximum absolute atomic E-state index is 4.93. The van der Waals surface area contributed by atoms with E-state index in [1.165, 1.54) is 96.9 Å². The molecule has 0 aliphatic heterocycles. The van der Waals surface area contributed by atoms with E-state index in [2.05, 4.69) is 94.5 Å². The Morgan fingerprint density at radius 2 is 1.15 bits per heavy atom. The van der Waals surface area contributed by atoms with Crippen LogP contribution in [-0.4, -0.2) is 9.52 Å². The quantitative estimate of drug-likeness (QED) is 0.150. The number of aryl methyl sites for hydroxylation is 1. The molecule has 40 heavy (non-hydrogen) atoms. The van der Waals surface area contributed by atoms with E-state index >= 15 is 0 Å². The van der Waals surface area contributed by atoms with Crippen LogP contribution in [-0.2, 0) is 20.8 Å². The van der Waals surface area contributed by atoms with Gasteiger partial charge in [-0.05, 0) is 43.4 Å². The second kappa shape index (κ2) is 18.1. The Labute approximate surface area is 265 Å². The van der Waals surface area contributed by atoms with Crippen LogP contribution in [0.3, 0.4) is 0 Å². The summed E-state index contributed by atoms with van der Waals surface area (Å²) < 4.78 is 0. The number of hydrogen-bond acceptors (Lipinski definition) is 0. The molecule has 0 heterocycles. The van der Waals surface area contributed by atoms with Crippen molar-refractivity contribution in [1.82, 2.24) is 0 Å². The van der Waals surface area contributed by atoms with Crippen molar-refractivity contribution >= 4 is 48.1 Å². The van der Waals surface area contributed by atoms with Crippen molar-refractivity contribution in [2.75, 3.05) is 0 Å². The first-order valence-electron chi connectivity index (χ1n) is 15.3. The molecular weight excluding hydrogens is 623 g/mol. The van der Waals surface area contributed by atoms with Gasteiger partial charge in [-0.2, -0.15) is 12.1 Å². The van der Waals surface area contributed by atoms with Crippen LogP contribution in [0.15, 0.2) is 60.7 Å². The third-order valence-corrected chi connectivity index (χ3v) is 8.49. The molecule has 0 amide bonds. The Hall–Kier alpha value is -0.660. The van der Waals surface area contributed by atoms with Crippen LogP contribution >= 0.6 is 17.0 Å². The summed E-state index contributed by atoms with van der Waals surface area (Å²) in [5.74, 6) is 2.26. The maximum atomic E-state index is 4.93. The standard InChI is InChI=1S/C18H23.C16H19.C2H6Si.2ClH.Zr/c1-13(2)16-11-15-9-6-10-17(18(15)12-16)14-7-4-3-5-8-14;1-12-10-14-8-5-9-15(16(14)11-12)13-6-3-2-4-7-13;1-3-2;;;/h6,9-14H,3-5,7-8H2,1-2H3;5,8-11,13H,2-4,6-7H2,1H3;1-2H3;2*1H;/q2*-1;;;;+4/p-2.